The molecule has 0 unspecified atom stereocenters. The molecule has 6 nitrogen and oxygen atoms in total. The van der Waals surface area contributed by atoms with Crippen molar-refractivity contribution in [2.75, 3.05) is 7.11 Å². The van der Waals surface area contributed by atoms with Gasteiger partial charge in [0.1, 0.15) is 24.0 Å². The van der Waals surface area contributed by atoms with Gasteiger partial charge in [-0.2, -0.15) is 0 Å². The highest BCUT2D eigenvalue weighted by Gasteiger charge is 2.25. The van der Waals surface area contributed by atoms with E-state index in [2.05, 4.69) is 11.4 Å². The molecule has 0 fully saturated rings. The third-order valence-electron chi connectivity index (χ3n) is 4.03. The maximum absolute atomic E-state index is 12.1. The second kappa shape index (κ2) is 9.96. The summed E-state index contributed by atoms with van der Waals surface area (Å²) in [5, 5.41) is 2.57. The lowest BCUT2D eigenvalue weighted by atomic mass is 10.1. The number of carbonyl (C=O) groups is 2. The lowest BCUT2D eigenvalue weighted by Crippen LogP contribution is -2.45. The number of carbonyl (C=O) groups excluding carboxylic acids is 2. The molecule has 2 aromatic rings. The molecular weight excluding hydrogens is 370 g/mol. The topological polar surface area (TPSA) is 73.9 Å². The number of nitrogens with one attached hydrogen (secondary N) is 1. The van der Waals surface area contributed by atoms with Crippen LogP contribution < -0.4 is 10.1 Å². The van der Waals surface area contributed by atoms with Crippen LogP contribution in [0.1, 0.15) is 37.5 Å². The molecule has 0 bridgehead atoms. The third-order valence-corrected chi connectivity index (χ3v) is 4.03. The molecule has 0 aliphatic carbocycles. The molecule has 2 rings (SSSR count). The van der Waals surface area contributed by atoms with Crippen LogP contribution in [0.25, 0.3) is 0 Å². The Hall–Kier alpha value is -3.02. The number of hydrogen-bond acceptors (Lipinski definition) is 5. The number of methoxy groups -OCH3 is 1. The Bertz CT molecular complexity index is 824. The van der Waals surface area contributed by atoms with Gasteiger partial charge in [0.2, 0.25) is 0 Å². The maximum Gasteiger partial charge on any atom is 0.408 e. The molecule has 0 saturated carbocycles. The van der Waals surface area contributed by atoms with Crippen molar-refractivity contribution >= 4 is 12.1 Å². The molecule has 156 valence electrons. The highest BCUT2D eigenvalue weighted by Crippen LogP contribution is 2.16. The van der Waals surface area contributed by atoms with Crippen LogP contribution in [-0.2, 0) is 27.3 Å². The second-order valence-corrected chi connectivity index (χ2v) is 7.85. The van der Waals surface area contributed by atoms with E-state index < -0.39 is 23.7 Å². The van der Waals surface area contributed by atoms with Crippen LogP contribution in [0.2, 0.25) is 0 Å². The van der Waals surface area contributed by atoms with Crippen LogP contribution >= 0.6 is 0 Å². The van der Waals surface area contributed by atoms with E-state index in [4.69, 9.17) is 14.2 Å². The van der Waals surface area contributed by atoms with Gasteiger partial charge in [0.05, 0.1) is 7.11 Å². The Morgan fingerprint density at radius 3 is 2.31 bits per heavy atom. The van der Waals surface area contributed by atoms with Gasteiger partial charge < -0.3 is 19.5 Å². The third kappa shape index (κ3) is 7.86. The van der Waals surface area contributed by atoms with E-state index in [-0.39, 0.29) is 6.42 Å². The summed E-state index contributed by atoms with van der Waals surface area (Å²) >= 11 is 0. The Labute approximate surface area is 172 Å². The zero-order valence-corrected chi connectivity index (χ0v) is 17.7. The molecule has 0 aliphatic rings. The first kappa shape index (κ1) is 22.3. The SMILES string of the molecule is COC(=O)[C@H](Cc1ccc(OCc2cccc(C)c2)cc1)NC(=O)OC(C)(C)C. The van der Waals surface area contributed by atoms with E-state index in [1.165, 1.54) is 12.7 Å². The van der Waals surface area contributed by atoms with Gasteiger partial charge in [-0.25, -0.2) is 9.59 Å². The Morgan fingerprint density at radius 2 is 1.72 bits per heavy atom. The molecule has 0 aliphatic heterocycles. The van der Waals surface area contributed by atoms with Gasteiger partial charge in [-0.05, 0) is 51.0 Å². The molecule has 1 atom stereocenters. The predicted molar refractivity (Wildman–Crippen MR) is 111 cm³/mol. The summed E-state index contributed by atoms with van der Waals surface area (Å²) in [5.41, 5.74) is 2.50. The second-order valence-electron chi connectivity index (χ2n) is 7.85. The van der Waals surface area contributed by atoms with Gasteiger partial charge in [0.25, 0.3) is 0 Å². The van der Waals surface area contributed by atoms with E-state index in [0.29, 0.717) is 6.61 Å². The zero-order chi connectivity index (χ0) is 21.4. The van der Waals surface area contributed by atoms with Crippen LogP contribution in [0.3, 0.4) is 0 Å². The van der Waals surface area contributed by atoms with Gasteiger partial charge in [-0.3, -0.25) is 0 Å². The Kier molecular flexibility index (Phi) is 7.65. The molecular formula is C23H29NO5. The van der Waals surface area contributed by atoms with Crippen molar-refractivity contribution in [1.82, 2.24) is 5.32 Å². The quantitative estimate of drug-likeness (QED) is 0.707. The molecule has 0 saturated heterocycles. The summed E-state index contributed by atoms with van der Waals surface area (Å²) in [6.07, 6.45) is -0.379. The van der Waals surface area contributed by atoms with Crippen LogP contribution in [0, 0.1) is 6.92 Å². The van der Waals surface area contributed by atoms with Crippen LogP contribution in [0.4, 0.5) is 4.79 Å². The molecule has 0 spiro atoms. The minimum absolute atomic E-state index is 0.282. The van der Waals surface area contributed by atoms with E-state index in [9.17, 15) is 9.59 Å². The van der Waals surface area contributed by atoms with Crippen molar-refractivity contribution in [3.8, 4) is 5.75 Å². The van der Waals surface area contributed by atoms with E-state index in [0.717, 1.165) is 16.9 Å². The molecule has 6 heteroatoms. The zero-order valence-electron chi connectivity index (χ0n) is 17.7. The van der Waals surface area contributed by atoms with Crippen molar-refractivity contribution in [3.05, 3.63) is 65.2 Å². The smallest absolute Gasteiger partial charge is 0.408 e. The van der Waals surface area contributed by atoms with E-state index in [1.54, 1.807) is 20.8 Å². The van der Waals surface area contributed by atoms with Gasteiger partial charge in [0, 0.05) is 6.42 Å². The summed E-state index contributed by atoms with van der Waals surface area (Å²) < 4.78 is 15.8. The minimum Gasteiger partial charge on any atom is -0.489 e. The lowest BCUT2D eigenvalue weighted by Gasteiger charge is -2.22. The van der Waals surface area contributed by atoms with Crippen molar-refractivity contribution < 1.29 is 23.8 Å². The fourth-order valence-corrected chi connectivity index (χ4v) is 2.71. The van der Waals surface area contributed by atoms with E-state index in [1.807, 2.05) is 49.4 Å². The van der Waals surface area contributed by atoms with E-state index >= 15 is 0 Å². The molecule has 1 amide bonds. The van der Waals surface area contributed by atoms with Crippen LogP contribution in [0.5, 0.6) is 5.75 Å². The first-order valence-electron chi connectivity index (χ1n) is 9.51. The first-order chi connectivity index (χ1) is 13.7. The number of amides is 1. The van der Waals surface area contributed by atoms with Gasteiger partial charge >= 0.3 is 12.1 Å². The number of aryl methyl sites for hydroxylation is 1. The minimum atomic E-state index is -0.839. The molecule has 1 N–H and O–H groups in total. The number of esters is 1. The van der Waals surface area contributed by atoms with Gasteiger partial charge in [0.15, 0.2) is 0 Å². The summed E-state index contributed by atoms with van der Waals surface area (Å²) in [6, 6.07) is 14.7. The molecule has 29 heavy (non-hydrogen) atoms. The standard InChI is InChI=1S/C23H29NO5/c1-16-7-6-8-18(13-16)15-28-19-11-9-17(10-12-19)14-20(21(25)27-5)24-22(26)29-23(2,3)4/h6-13,20H,14-15H2,1-5H3,(H,24,26)/t20-/m0/s1. The molecule has 0 heterocycles. The number of benzene rings is 2. The normalized spacial score (nSPS) is 12.0. The van der Waals surface area contributed by atoms with Gasteiger partial charge in [-0.1, -0.05) is 42.0 Å². The highest BCUT2D eigenvalue weighted by molar-refractivity contribution is 5.81. The van der Waals surface area contributed by atoms with Crippen molar-refractivity contribution in [3.63, 3.8) is 0 Å². The largest absolute Gasteiger partial charge is 0.489 e. The average Bonchev–Trinajstić information content (AvgIpc) is 2.65. The van der Waals surface area contributed by atoms with Crippen molar-refractivity contribution in [2.24, 2.45) is 0 Å². The summed E-state index contributed by atoms with van der Waals surface area (Å²) in [7, 11) is 1.29. The fourth-order valence-electron chi connectivity index (χ4n) is 2.71. The molecule has 2 aromatic carbocycles. The van der Waals surface area contributed by atoms with Crippen molar-refractivity contribution in [1.29, 1.82) is 0 Å². The highest BCUT2D eigenvalue weighted by atomic mass is 16.6. The molecule has 0 radical (unpaired) electrons. The number of hydrogen-bond donors (Lipinski definition) is 1. The van der Waals surface area contributed by atoms with Crippen LogP contribution in [0.15, 0.2) is 48.5 Å². The maximum atomic E-state index is 12.1. The number of rotatable bonds is 7. The fraction of sp³-hybridized carbons (Fsp3) is 0.391. The Balaban J connectivity index is 1.97. The summed E-state index contributed by atoms with van der Waals surface area (Å²) in [5.74, 6) is 0.195. The summed E-state index contributed by atoms with van der Waals surface area (Å²) in [4.78, 5) is 24.1. The van der Waals surface area contributed by atoms with Gasteiger partial charge in [-0.15, -0.1) is 0 Å². The summed E-state index contributed by atoms with van der Waals surface area (Å²) in [6.45, 7) is 7.80. The monoisotopic (exact) mass is 399 g/mol. The molecule has 0 aromatic heterocycles. The van der Waals surface area contributed by atoms with Crippen LogP contribution in [-0.4, -0.2) is 30.8 Å². The number of ether oxygens (including phenoxy) is 3. The first-order valence-corrected chi connectivity index (χ1v) is 9.51. The Morgan fingerprint density at radius 1 is 1.03 bits per heavy atom. The number of alkyl carbamates (subject to hydrolysis) is 1. The predicted octanol–water partition coefficient (Wildman–Crippen LogP) is 4.18. The lowest BCUT2D eigenvalue weighted by molar-refractivity contribution is -0.143. The average molecular weight is 399 g/mol. The van der Waals surface area contributed by atoms with Crippen molar-refractivity contribution in [2.45, 2.75) is 52.4 Å².